The smallest absolute Gasteiger partial charge is 0.326 e. The lowest BCUT2D eigenvalue weighted by atomic mass is 9.48. The molecule has 0 atom stereocenters. The zero-order chi connectivity index (χ0) is 14.4. The van der Waals surface area contributed by atoms with Crippen LogP contribution in [-0.2, 0) is 9.53 Å². The molecule has 0 spiro atoms. The molecule has 21 heavy (non-hydrogen) atoms. The van der Waals surface area contributed by atoms with Crippen molar-refractivity contribution >= 4 is 5.97 Å². The van der Waals surface area contributed by atoms with Gasteiger partial charge in [-0.25, -0.2) is 0 Å². The highest BCUT2D eigenvalue weighted by Gasteiger charge is 2.62. The van der Waals surface area contributed by atoms with E-state index in [1.807, 2.05) is 6.92 Å². The maximum atomic E-state index is 13.0. The molecule has 3 heteroatoms. The van der Waals surface area contributed by atoms with Crippen molar-refractivity contribution in [3.63, 3.8) is 0 Å². The maximum absolute atomic E-state index is 13.0. The first kappa shape index (κ1) is 14.0. The Morgan fingerprint density at radius 3 is 2.14 bits per heavy atom. The molecule has 0 aromatic carbocycles. The molecule has 0 aromatic rings. The van der Waals surface area contributed by atoms with Crippen LogP contribution in [0.2, 0.25) is 0 Å². The van der Waals surface area contributed by atoms with Crippen molar-refractivity contribution in [2.45, 2.75) is 76.3 Å². The third-order valence-electron chi connectivity index (χ3n) is 6.84. The number of carbonyl (C=O) groups excluding carboxylic acids is 1. The summed E-state index contributed by atoms with van der Waals surface area (Å²) < 4.78 is 5.58. The van der Waals surface area contributed by atoms with E-state index in [0.717, 1.165) is 11.8 Å². The standard InChI is InChI=1S/C18H29NO2/c1-2-21-17(20)18(19-16-5-3-4-6-16)14-8-12-7-13(10-14)11-15(18)9-12/h12-16,19H,2-11H2,1H3. The molecule has 5 rings (SSSR count). The Hall–Kier alpha value is -0.570. The van der Waals surface area contributed by atoms with E-state index in [1.54, 1.807) is 0 Å². The lowest BCUT2D eigenvalue weighted by Gasteiger charge is -2.60. The minimum Gasteiger partial charge on any atom is -0.465 e. The van der Waals surface area contributed by atoms with Crippen molar-refractivity contribution in [2.75, 3.05) is 6.61 Å². The first-order valence-corrected chi connectivity index (χ1v) is 9.17. The molecule has 0 unspecified atom stereocenters. The quantitative estimate of drug-likeness (QED) is 0.808. The summed E-state index contributed by atoms with van der Waals surface area (Å²) in [7, 11) is 0. The normalized spacial score (nSPS) is 45.2. The third kappa shape index (κ3) is 2.15. The average molecular weight is 291 g/mol. The minimum absolute atomic E-state index is 0.0747. The van der Waals surface area contributed by atoms with E-state index in [0.29, 0.717) is 24.5 Å². The number of hydrogen-bond acceptors (Lipinski definition) is 3. The zero-order valence-electron chi connectivity index (χ0n) is 13.3. The molecule has 0 amide bonds. The fourth-order valence-corrected chi connectivity index (χ4v) is 6.21. The number of nitrogens with one attached hydrogen (secondary N) is 1. The van der Waals surface area contributed by atoms with Gasteiger partial charge in [-0.05, 0) is 75.5 Å². The number of esters is 1. The number of rotatable bonds is 4. The van der Waals surface area contributed by atoms with Gasteiger partial charge in [0.2, 0.25) is 0 Å². The second kappa shape index (κ2) is 5.26. The van der Waals surface area contributed by atoms with E-state index >= 15 is 0 Å². The summed E-state index contributed by atoms with van der Waals surface area (Å²) in [5.74, 6) is 2.92. The molecule has 5 aliphatic carbocycles. The van der Waals surface area contributed by atoms with E-state index < -0.39 is 0 Å². The Balaban J connectivity index is 1.64. The van der Waals surface area contributed by atoms with Gasteiger partial charge in [0.25, 0.3) is 0 Å². The van der Waals surface area contributed by atoms with Crippen molar-refractivity contribution in [3.05, 3.63) is 0 Å². The molecule has 118 valence electrons. The largest absolute Gasteiger partial charge is 0.465 e. The lowest BCUT2D eigenvalue weighted by molar-refractivity contribution is -0.172. The van der Waals surface area contributed by atoms with Gasteiger partial charge >= 0.3 is 5.97 Å². The minimum atomic E-state index is -0.335. The van der Waals surface area contributed by atoms with Crippen molar-refractivity contribution in [2.24, 2.45) is 23.7 Å². The number of ether oxygens (including phenoxy) is 1. The number of hydrogen-bond donors (Lipinski definition) is 1. The van der Waals surface area contributed by atoms with Crippen molar-refractivity contribution < 1.29 is 9.53 Å². The fraction of sp³-hybridized carbons (Fsp3) is 0.944. The Morgan fingerprint density at radius 2 is 1.62 bits per heavy atom. The topological polar surface area (TPSA) is 38.3 Å². The van der Waals surface area contributed by atoms with Gasteiger partial charge in [-0.15, -0.1) is 0 Å². The summed E-state index contributed by atoms with van der Waals surface area (Å²) in [4.78, 5) is 13.0. The molecule has 0 heterocycles. The van der Waals surface area contributed by atoms with Gasteiger partial charge in [-0.2, -0.15) is 0 Å². The molecule has 5 fully saturated rings. The second-order valence-electron chi connectivity index (χ2n) is 8.02. The maximum Gasteiger partial charge on any atom is 0.326 e. The van der Waals surface area contributed by atoms with Crippen LogP contribution >= 0.6 is 0 Å². The molecule has 5 saturated carbocycles. The molecule has 0 aliphatic heterocycles. The summed E-state index contributed by atoms with van der Waals surface area (Å²) in [6, 6.07) is 0.548. The van der Waals surface area contributed by atoms with Gasteiger partial charge in [-0.1, -0.05) is 12.8 Å². The molecule has 4 bridgehead atoms. The van der Waals surface area contributed by atoms with E-state index in [9.17, 15) is 4.79 Å². The Bertz CT molecular complexity index is 385. The van der Waals surface area contributed by atoms with Crippen LogP contribution in [0.25, 0.3) is 0 Å². The Labute approximate surface area is 128 Å². The predicted octanol–water partition coefficient (Wildman–Crippen LogP) is 3.28. The second-order valence-corrected chi connectivity index (χ2v) is 8.02. The van der Waals surface area contributed by atoms with Gasteiger partial charge in [-0.3, -0.25) is 10.1 Å². The van der Waals surface area contributed by atoms with Crippen molar-refractivity contribution in [1.82, 2.24) is 5.32 Å². The SMILES string of the molecule is CCOC(=O)C1(NC2CCCC2)C2CC3CC(C2)CC1C3. The molecule has 0 aromatic heterocycles. The van der Waals surface area contributed by atoms with Crippen LogP contribution in [0, 0.1) is 23.7 Å². The summed E-state index contributed by atoms with van der Waals surface area (Å²) in [6.07, 6.45) is 11.6. The molecule has 0 radical (unpaired) electrons. The molecular weight excluding hydrogens is 262 g/mol. The summed E-state index contributed by atoms with van der Waals surface area (Å²) >= 11 is 0. The zero-order valence-corrected chi connectivity index (χ0v) is 13.3. The Kier molecular flexibility index (Phi) is 3.52. The third-order valence-corrected chi connectivity index (χ3v) is 6.84. The van der Waals surface area contributed by atoms with Gasteiger partial charge in [0, 0.05) is 6.04 Å². The highest BCUT2D eigenvalue weighted by Crippen LogP contribution is 2.59. The molecule has 0 saturated heterocycles. The van der Waals surface area contributed by atoms with Gasteiger partial charge in [0.1, 0.15) is 5.54 Å². The highest BCUT2D eigenvalue weighted by molar-refractivity contribution is 5.82. The van der Waals surface area contributed by atoms with Crippen LogP contribution in [0.5, 0.6) is 0 Å². The van der Waals surface area contributed by atoms with E-state index in [2.05, 4.69) is 5.32 Å². The van der Waals surface area contributed by atoms with Crippen LogP contribution in [0.1, 0.15) is 64.7 Å². The summed E-state index contributed by atoms with van der Waals surface area (Å²) in [6.45, 7) is 2.45. The van der Waals surface area contributed by atoms with Gasteiger partial charge in [0.05, 0.1) is 6.61 Å². The summed E-state index contributed by atoms with van der Waals surface area (Å²) in [5.41, 5.74) is -0.335. The van der Waals surface area contributed by atoms with Crippen LogP contribution in [0.3, 0.4) is 0 Å². The fourth-order valence-electron chi connectivity index (χ4n) is 6.21. The lowest BCUT2D eigenvalue weighted by Crippen LogP contribution is -2.70. The first-order valence-electron chi connectivity index (χ1n) is 9.17. The predicted molar refractivity (Wildman–Crippen MR) is 81.8 cm³/mol. The number of carbonyl (C=O) groups is 1. The molecule has 1 N–H and O–H groups in total. The molecule has 3 nitrogen and oxygen atoms in total. The van der Waals surface area contributed by atoms with Gasteiger partial charge in [0.15, 0.2) is 0 Å². The average Bonchev–Trinajstić information content (AvgIpc) is 2.95. The van der Waals surface area contributed by atoms with Gasteiger partial charge < -0.3 is 4.74 Å². The van der Waals surface area contributed by atoms with Crippen LogP contribution in [0.4, 0.5) is 0 Å². The van der Waals surface area contributed by atoms with Crippen LogP contribution < -0.4 is 5.32 Å². The van der Waals surface area contributed by atoms with Crippen molar-refractivity contribution in [1.29, 1.82) is 0 Å². The summed E-state index contributed by atoms with van der Waals surface area (Å²) in [5, 5.41) is 3.88. The Morgan fingerprint density at radius 1 is 1.05 bits per heavy atom. The monoisotopic (exact) mass is 291 g/mol. The van der Waals surface area contributed by atoms with Crippen molar-refractivity contribution in [3.8, 4) is 0 Å². The van der Waals surface area contributed by atoms with Crippen LogP contribution in [-0.4, -0.2) is 24.2 Å². The molecule has 5 aliphatic rings. The van der Waals surface area contributed by atoms with E-state index in [-0.39, 0.29) is 11.5 Å². The first-order chi connectivity index (χ1) is 10.2. The molecular formula is C18H29NO2. The van der Waals surface area contributed by atoms with E-state index in [4.69, 9.17) is 4.74 Å². The van der Waals surface area contributed by atoms with E-state index in [1.165, 1.54) is 57.8 Å². The highest BCUT2D eigenvalue weighted by atomic mass is 16.5. The van der Waals surface area contributed by atoms with Crippen LogP contribution in [0.15, 0.2) is 0 Å².